The van der Waals surface area contributed by atoms with Crippen molar-refractivity contribution in [1.82, 2.24) is 14.8 Å². The predicted octanol–water partition coefficient (Wildman–Crippen LogP) is 3.63. The fourth-order valence-electron chi connectivity index (χ4n) is 2.54. The second-order valence-corrected chi connectivity index (χ2v) is 8.41. The Labute approximate surface area is 141 Å². The van der Waals surface area contributed by atoms with E-state index in [0.29, 0.717) is 17.1 Å². The van der Waals surface area contributed by atoms with E-state index in [1.807, 2.05) is 31.9 Å². The standard InChI is InChI=1S/C15H24ClN3O2S/c1-15(2,3)21-14(20)19-7-5-6-11(9-19)18(4)10-12-8-17-13(16)22-12/h8,11H,5-7,9-10H2,1-4H3/t11-/m0/s1. The summed E-state index contributed by atoms with van der Waals surface area (Å²) in [6, 6.07) is 0.335. The van der Waals surface area contributed by atoms with E-state index in [1.165, 1.54) is 11.3 Å². The van der Waals surface area contributed by atoms with Crippen LogP contribution in [0.1, 0.15) is 38.5 Å². The molecule has 1 aliphatic rings. The molecule has 1 atom stereocenters. The molecule has 1 aromatic heterocycles. The lowest BCUT2D eigenvalue weighted by Gasteiger charge is -2.38. The smallest absolute Gasteiger partial charge is 0.410 e. The van der Waals surface area contributed by atoms with Gasteiger partial charge in [0.1, 0.15) is 5.60 Å². The maximum absolute atomic E-state index is 12.2. The highest BCUT2D eigenvalue weighted by atomic mass is 35.5. The quantitative estimate of drug-likeness (QED) is 0.839. The zero-order valence-corrected chi connectivity index (χ0v) is 15.2. The molecule has 1 saturated heterocycles. The molecule has 0 aromatic carbocycles. The van der Waals surface area contributed by atoms with Gasteiger partial charge in [-0.05, 0) is 40.7 Å². The Morgan fingerprint density at radius 2 is 2.32 bits per heavy atom. The molecular formula is C15H24ClN3O2S. The van der Waals surface area contributed by atoms with Gasteiger partial charge in [0.2, 0.25) is 0 Å². The van der Waals surface area contributed by atoms with Gasteiger partial charge in [-0.2, -0.15) is 0 Å². The van der Waals surface area contributed by atoms with Crippen LogP contribution in [0.2, 0.25) is 4.47 Å². The zero-order chi connectivity index (χ0) is 16.3. The van der Waals surface area contributed by atoms with Crippen molar-refractivity contribution in [3.8, 4) is 0 Å². The van der Waals surface area contributed by atoms with E-state index in [0.717, 1.165) is 30.8 Å². The fourth-order valence-corrected chi connectivity index (χ4v) is 3.58. The molecule has 0 aliphatic carbocycles. The first-order valence-corrected chi connectivity index (χ1v) is 8.72. The first kappa shape index (κ1) is 17.5. The third kappa shape index (κ3) is 5.11. The van der Waals surface area contributed by atoms with Crippen molar-refractivity contribution in [2.45, 2.75) is 51.8 Å². The van der Waals surface area contributed by atoms with Gasteiger partial charge >= 0.3 is 6.09 Å². The van der Waals surface area contributed by atoms with E-state index in [1.54, 1.807) is 0 Å². The average molecular weight is 346 g/mol. The second-order valence-electron chi connectivity index (χ2n) is 6.72. The summed E-state index contributed by atoms with van der Waals surface area (Å²) < 4.78 is 6.04. The molecule has 2 rings (SSSR count). The molecule has 0 bridgehead atoms. The monoisotopic (exact) mass is 345 g/mol. The van der Waals surface area contributed by atoms with Crippen LogP contribution in [0, 0.1) is 0 Å². The number of carbonyl (C=O) groups is 1. The number of nitrogens with zero attached hydrogens (tertiary/aromatic N) is 3. The molecule has 2 heterocycles. The normalized spacial score (nSPS) is 19.5. The van der Waals surface area contributed by atoms with Gasteiger partial charge in [-0.1, -0.05) is 11.6 Å². The van der Waals surface area contributed by atoms with Gasteiger partial charge in [0, 0.05) is 36.8 Å². The molecular weight excluding hydrogens is 322 g/mol. The van der Waals surface area contributed by atoms with Crippen molar-refractivity contribution in [2.24, 2.45) is 0 Å². The summed E-state index contributed by atoms with van der Waals surface area (Å²) >= 11 is 7.38. The highest BCUT2D eigenvalue weighted by Gasteiger charge is 2.29. The highest BCUT2D eigenvalue weighted by molar-refractivity contribution is 7.15. The number of rotatable bonds is 3. The Bertz CT molecular complexity index is 515. The Hall–Kier alpha value is -0.850. The van der Waals surface area contributed by atoms with E-state index in [9.17, 15) is 4.79 Å². The van der Waals surface area contributed by atoms with Crippen molar-refractivity contribution in [1.29, 1.82) is 0 Å². The van der Waals surface area contributed by atoms with Crippen molar-refractivity contribution in [2.75, 3.05) is 20.1 Å². The first-order chi connectivity index (χ1) is 10.2. The number of likely N-dealkylation sites (N-methyl/N-ethyl adjacent to an activating group) is 1. The van der Waals surface area contributed by atoms with Crippen LogP contribution in [0.4, 0.5) is 4.79 Å². The first-order valence-electron chi connectivity index (χ1n) is 7.53. The van der Waals surface area contributed by atoms with Gasteiger partial charge < -0.3 is 9.64 Å². The van der Waals surface area contributed by atoms with Gasteiger partial charge in [0.05, 0.1) is 0 Å². The summed E-state index contributed by atoms with van der Waals surface area (Å²) in [5.41, 5.74) is -0.449. The fraction of sp³-hybridized carbons (Fsp3) is 0.733. The number of halogens is 1. The minimum atomic E-state index is -0.449. The third-order valence-corrected chi connectivity index (χ3v) is 4.70. The molecule has 0 saturated carbocycles. The zero-order valence-electron chi connectivity index (χ0n) is 13.6. The lowest BCUT2D eigenvalue weighted by molar-refractivity contribution is 0.0121. The number of hydrogen-bond acceptors (Lipinski definition) is 5. The molecule has 1 fully saturated rings. The predicted molar refractivity (Wildman–Crippen MR) is 89.4 cm³/mol. The lowest BCUT2D eigenvalue weighted by Crippen LogP contribution is -2.49. The summed E-state index contributed by atoms with van der Waals surface area (Å²) in [6.45, 7) is 7.96. The molecule has 0 N–H and O–H groups in total. The minimum absolute atomic E-state index is 0.216. The molecule has 7 heteroatoms. The molecule has 124 valence electrons. The Balaban J connectivity index is 1.90. The van der Waals surface area contributed by atoms with Crippen LogP contribution in [-0.4, -0.2) is 52.7 Å². The number of aromatic nitrogens is 1. The maximum atomic E-state index is 12.2. The van der Waals surface area contributed by atoms with Gasteiger partial charge in [0.15, 0.2) is 4.47 Å². The topological polar surface area (TPSA) is 45.7 Å². The molecule has 0 spiro atoms. The van der Waals surface area contributed by atoms with E-state index in [-0.39, 0.29) is 6.09 Å². The summed E-state index contributed by atoms with van der Waals surface area (Å²) in [4.78, 5) is 21.5. The molecule has 1 aromatic rings. The van der Waals surface area contributed by atoms with E-state index in [4.69, 9.17) is 16.3 Å². The van der Waals surface area contributed by atoms with Gasteiger partial charge in [-0.3, -0.25) is 4.90 Å². The van der Waals surface area contributed by atoms with Gasteiger partial charge in [-0.15, -0.1) is 11.3 Å². The summed E-state index contributed by atoms with van der Waals surface area (Å²) in [5.74, 6) is 0. The van der Waals surface area contributed by atoms with Crippen molar-refractivity contribution in [3.05, 3.63) is 15.5 Å². The number of likely N-dealkylation sites (tertiary alicyclic amines) is 1. The van der Waals surface area contributed by atoms with Crippen molar-refractivity contribution in [3.63, 3.8) is 0 Å². The number of ether oxygens (including phenoxy) is 1. The number of hydrogen-bond donors (Lipinski definition) is 0. The van der Waals surface area contributed by atoms with Crippen molar-refractivity contribution < 1.29 is 9.53 Å². The Morgan fingerprint density at radius 1 is 1.59 bits per heavy atom. The average Bonchev–Trinajstić information content (AvgIpc) is 2.82. The van der Waals surface area contributed by atoms with Crippen LogP contribution >= 0.6 is 22.9 Å². The number of piperidine rings is 1. The molecule has 22 heavy (non-hydrogen) atoms. The summed E-state index contributed by atoms with van der Waals surface area (Å²) in [7, 11) is 2.08. The van der Waals surface area contributed by atoms with Crippen LogP contribution in [0.5, 0.6) is 0 Å². The van der Waals surface area contributed by atoms with E-state index in [2.05, 4.69) is 16.9 Å². The van der Waals surface area contributed by atoms with Crippen LogP contribution in [0.3, 0.4) is 0 Å². The molecule has 1 aliphatic heterocycles. The number of amides is 1. The van der Waals surface area contributed by atoms with E-state index >= 15 is 0 Å². The number of carbonyl (C=O) groups excluding carboxylic acids is 1. The molecule has 0 radical (unpaired) electrons. The minimum Gasteiger partial charge on any atom is -0.444 e. The van der Waals surface area contributed by atoms with Crippen LogP contribution in [-0.2, 0) is 11.3 Å². The van der Waals surface area contributed by atoms with Gasteiger partial charge in [-0.25, -0.2) is 9.78 Å². The van der Waals surface area contributed by atoms with Crippen molar-refractivity contribution >= 4 is 29.0 Å². The maximum Gasteiger partial charge on any atom is 0.410 e. The number of thiazole rings is 1. The molecule has 0 unspecified atom stereocenters. The summed E-state index contributed by atoms with van der Waals surface area (Å²) in [6.07, 6.45) is 3.68. The highest BCUT2D eigenvalue weighted by Crippen LogP contribution is 2.23. The largest absolute Gasteiger partial charge is 0.444 e. The SMILES string of the molecule is CN(Cc1cnc(Cl)s1)[C@H]1CCCN(C(=O)OC(C)(C)C)C1. The Kier molecular flexibility index (Phi) is 5.69. The Morgan fingerprint density at radius 3 is 2.91 bits per heavy atom. The third-order valence-electron chi connectivity index (χ3n) is 3.60. The molecule has 1 amide bonds. The van der Waals surface area contributed by atoms with Crippen LogP contribution in [0.15, 0.2) is 6.20 Å². The van der Waals surface area contributed by atoms with E-state index < -0.39 is 5.60 Å². The van der Waals surface area contributed by atoms with Gasteiger partial charge in [0.25, 0.3) is 0 Å². The van der Waals surface area contributed by atoms with Crippen LogP contribution in [0.25, 0.3) is 0 Å². The lowest BCUT2D eigenvalue weighted by atomic mass is 10.0. The summed E-state index contributed by atoms with van der Waals surface area (Å²) in [5, 5.41) is 0. The van der Waals surface area contributed by atoms with Crippen LogP contribution < -0.4 is 0 Å². The second kappa shape index (κ2) is 7.15. The molecule has 5 nitrogen and oxygen atoms in total.